The molecule has 0 N–H and O–H groups in total. The number of amides is 1. The fourth-order valence-corrected chi connectivity index (χ4v) is 3.79. The fraction of sp³-hybridized carbons (Fsp3) is 0.400. The van der Waals surface area contributed by atoms with Crippen molar-refractivity contribution in [1.29, 1.82) is 0 Å². The highest BCUT2D eigenvalue weighted by Crippen LogP contribution is 2.23. The van der Waals surface area contributed by atoms with Gasteiger partial charge in [0.1, 0.15) is 5.75 Å². The summed E-state index contributed by atoms with van der Waals surface area (Å²) in [6.45, 7) is 6.62. The predicted molar refractivity (Wildman–Crippen MR) is 111 cm³/mol. The molecule has 1 amide bonds. The molecule has 148 valence electrons. The number of ether oxygens (including phenoxy) is 1. The first-order chi connectivity index (χ1) is 13.3. The summed E-state index contributed by atoms with van der Waals surface area (Å²) in [4.78, 5) is 14.3. The zero-order valence-electron chi connectivity index (χ0n) is 16.8. The summed E-state index contributed by atoms with van der Waals surface area (Å²) in [6, 6.07) is 12.2. The van der Waals surface area contributed by atoms with E-state index in [1.54, 1.807) is 16.7 Å². The van der Waals surface area contributed by atoms with Crippen LogP contribution in [0.4, 0.5) is 0 Å². The Kier molecular flexibility index (Phi) is 5.88. The van der Waals surface area contributed by atoms with Crippen molar-refractivity contribution in [2.24, 2.45) is 0 Å². The van der Waals surface area contributed by atoms with Crippen LogP contribution in [0.5, 0.6) is 5.75 Å². The molecule has 0 radical (unpaired) electrons. The second-order valence-corrected chi connectivity index (χ2v) is 8.57. The van der Waals surface area contributed by atoms with E-state index in [0.717, 1.165) is 22.1 Å². The van der Waals surface area contributed by atoms with Crippen LogP contribution in [0.25, 0.3) is 10.8 Å². The van der Waals surface area contributed by atoms with Gasteiger partial charge in [-0.2, -0.15) is 0 Å². The number of hydrogen-bond acceptors (Lipinski definition) is 6. The molecule has 8 heteroatoms. The number of hydrogen-bond donors (Lipinski definition) is 0. The lowest BCUT2D eigenvalue weighted by Crippen LogP contribution is -2.28. The zero-order valence-corrected chi connectivity index (χ0v) is 17.7. The van der Waals surface area contributed by atoms with Gasteiger partial charge in [-0.1, -0.05) is 30.0 Å². The molecule has 7 nitrogen and oxygen atoms in total. The van der Waals surface area contributed by atoms with Crippen molar-refractivity contribution in [2.45, 2.75) is 38.0 Å². The van der Waals surface area contributed by atoms with Crippen LogP contribution < -0.4 is 4.74 Å². The molecule has 0 unspecified atom stereocenters. The van der Waals surface area contributed by atoms with Gasteiger partial charge >= 0.3 is 0 Å². The SMILES string of the molecule is COc1ccc2cc(CN(C)C(=O)CSc3nnnn3C(C)(C)C)ccc2c1. The first-order valence-electron chi connectivity index (χ1n) is 9.00. The fourth-order valence-electron chi connectivity index (χ4n) is 2.79. The lowest BCUT2D eigenvalue weighted by molar-refractivity contribution is -0.127. The maximum atomic E-state index is 12.6. The van der Waals surface area contributed by atoms with Crippen LogP contribution in [0.15, 0.2) is 41.6 Å². The Morgan fingerprint density at radius 3 is 2.61 bits per heavy atom. The maximum absolute atomic E-state index is 12.6. The Hall–Kier alpha value is -2.61. The summed E-state index contributed by atoms with van der Waals surface area (Å²) in [6.07, 6.45) is 0. The molecule has 0 bridgehead atoms. The summed E-state index contributed by atoms with van der Waals surface area (Å²) >= 11 is 1.36. The van der Waals surface area contributed by atoms with Gasteiger partial charge in [0.2, 0.25) is 11.1 Å². The highest BCUT2D eigenvalue weighted by Gasteiger charge is 2.21. The molecule has 3 rings (SSSR count). The van der Waals surface area contributed by atoms with E-state index >= 15 is 0 Å². The molecule has 3 aromatic rings. The number of benzene rings is 2. The molecule has 0 aliphatic heterocycles. The molecule has 28 heavy (non-hydrogen) atoms. The van der Waals surface area contributed by atoms with Crippen LogP contribution in [0.1, 0.15) is 26.3 Å². The van der Waals surface area contributed by atoms with Crippen LogP contribution in [0.2, 0.25) is 0 Å². The van der Waals surface area contributed by atoms with Gasteiger partial charge < -0.3 is 9.64 Å². The second kappa shape index (κ2) is 8.18. The van der Waals surface area contributed by atoms with Crippen molar-refractivity contribution in [3.8, 4) is 5.75 Å². The van der Waals surface area contributed by atoms with Crippen LogP contribution in [-0.4, -0.2) is 50.9 Å². The molecule has 0 saturated heterocycles. The predicted octanol–water partition coefficient (Wildman–Crippen LogP) is 3.34. The number of tetrazole rings is 1. The third-order valence-corrected chi connectivity index (χ3v) is 5.26. The summed E-state index contributed by atoms with van der Waals surface area (Å²) in [5, 5.41) is 14.7. The largest absolute Gasteiger partial charge is 0.497 e. The Morgan fingerprint density at radius 1 is 1.18 bits per heavy atom. The van der Waals surface area contributed by atoms with Gasteiger partial charge in [-0.3, -0.25) is 4.79 Å². The molecule has 0 spiro atoms. The van der Waals surface area contributed by atoms with Crippen molar-refractivity contribution in [2.75, 3.05) is 19.9 Å². The van der Waals surface area contributed by atoms with E-state index in [2.05, 4.69) is 27.7 Å². The van der Waals surface area contributed by atoms with Gasteiger partial charge in [0.05, 0.1) is 18.4 Å². The van der Waals surface area contributed by atoms with Gasteiger partial charge in [-0.05, 0) is 65.7 Å². The number of carbonyl (C=O) groups excluding carboxylic acids is 1. The third kappa shape index (κ3) is 4.62. The van der Waals surface area contributed by atoms with E-state index in [1.807, 2.05) is 52.1 Å². The van der Waals surface area contributed by atoms with Crippen molar-refractivity contribution >= 4 is 28.4 Å². The molecule has 0 aliphatic rings. The van der Waals surface area contributed by atoms with Crippen LogP contribution in [0, 0.1) is 0 Å². The molecule has 0 saturated carbocycles. The van der Waals surface area contributed by atoms with Gasteiger partial charge in [0, 0.05) is 13.6 Å². The first-order valence-corrected chi connectivity index (χ1v) is 9.99. The molecule has 1 heterocycles. The topological polar surface area (TPSA) is 73.1 Å². The van der Waals surface area contributed by atoms with Crippen molar-refractivity contribution in [3.63, 3.8) is 0 Å². The maximum Gasteiger partial charge on any atom is 0.233 e. The lowest BCUT2D eigenvalue weighted by Gasteiger charge is -2.20. The van der Waals surface area contributed by atoms with Crippen molar-refractivity contribution in [3.05, 3.63) is 42.0 Å². The zero-order chi connectivity index (χ0) is 20.3. The summed E-state index contributed by atoms with van der Waals surface area (Å²) in [5.74, 6) is 1.16. The second-order valence-electron chi connectivity index (χ2n) is 7.63. The van der Waals surface area contributed by atoms with Crippen LogP contribution in [-0.2, 0) is 16.9 Å². The molecule has 0 fully saturated rings. The first kappa shape index (κ1) is 20.1. The van der Waals surface area contributed by atoms with E-state index in [0.29, 0.717) is 11.7 Å². The number of methoxy groups -OCH3 is 1. The lowest BCUT2D eigenvalue weighted by atomic mass is 10.1. The highest BCUT2D eigenvalue weighted by molar-refractivity contribution is 7.99. The Balaban J connectivity index is 1.63. The average Bonchev–Trinajstić information content (AvgIpc) is 3.14. The Bertz CT molecular complexity index is 980. The highest BCUT2D eigenvalue weighted by atomic mass is 32.2. The average molecular weight is 400 g/mol. The number of fused-ring (bicyclic) bond motifs is 1. The third-order valence-electron chi connectivity index (χ3n) is 4.36. The molecule has 0 aliphatic carbocycles. The van der Waals surface area contributed by atoms with Gasteiger partial charge in [0.25, 0.3) is 0 Å². The number of rotatable bonds is 6. The number of nitrogens with zero attached hydrogens (tertiary/aromatic N) is 5. The Labute approximate surface area is 169 Å². The minimum atomic E-state index is -0.228. The molecule has 2 aromatic carbocycles. The minimum Gasteiger partial charge on any atom is -0.497 e. The van der Waals surface area contributed by atoms with Crippen molar-refractivity contribution in [1.82, 2.24) is 25.1 Å². The number of aromatic nitrogens is 4. The molecular weight excluding hydrogens is 374 g/mol. The smallest absolute Gasteiger partial charge is 0.233 e. The summed E-state index contributed by atoms with van der Waals surface area (Å²) in [7, 11) is 3.47. The monoisotopic (exact) mass is 399 g/mol. The van der Waals surface area contributed by atoms with E-state index < -0.39 is 0 Å². The van der Waals surface area contributed by atoms with E-state index in [-0.39, 0.29) is 17.2 Å². The standard InChI is InChI=1S/C20H25N5O2S/c1-20(2,3)25-19(21-22-23-25)28-13-18(26)24(4)12-14-6-7-16-11-17(27-5)9-8-15(16)10-14/h6-11H,12-13H2,1-5H3. The summed E-state index contributed by atoms with van der Waals surface area (Å²) in [5.41, 5.74) is 0.854. The van der Waals surface area contributed by atoms with Crippen molar-refractivity contribution < 1.29 is 9.53 Å². The van der Waals surface area contributed by atoms with Crippen LogP contribution in [0.3, 0.4) is 0 Å². The summed E-state index contributed by atoms with van der Waals surface area (Å²) < 4.78 is 7.00. The molecule has 0 atom stereocenters. The van der Waals surface area contributed by atoms with E-state index in [4.69, 9.17) is 4.74 Å². The van der Waals surface area contributed by atoms with Gasteiger partial charge in [-0.15, -0.1) is 5.10 Å². The van der Waals surface area contributed by atoms with E-state index in [9.17, 15) is 4.79 Å². The number of carbonyl (C=O) groups is 1. The number of thioether (sulfide) groups is 1. The van der Waals surface area contributed by atoms with Gasteiger partial charge in [0.15, 0.2) is 0 Å². The van der Waals surface area contributed by atoms with Gasteiger partial charge in [-0.25, -0.2) is 4.68 Å². The molecule has 1 aromatic heterocycles. The normalized spacial score (nSPS) is 11.6. The quantitative estimate of drug-likeness (QED) is 0.592. The Morgan fingerprint density at radius 2 is 1.89 bits per heavy atom. The van der Waals surface area contributed by atoms with Crippen LogP contribution >= 0.6 is 11.8 Å². The molecular formula is C20H25N5O2S. The minimum absolute atomic E-state index is 0.0308. The van der Waals surface area contributed by atoms with E-state index in [1.165, 1.54) is 11.8 Å².